The highest BCUT2D eigenvalue weighted by atomic mass is 32.1. The minimum Gasteiger partial charge on any atom is -0.454 e. The Labute approximate surface area is 146 Å². The normalized spacial score (nSPS) is 12.3. The van der Waals surface area contributed by atoms with Crippen molar-refractivity contribution in [3.05, 3.63) is 58.6 Å². The van der Waals surface area contributed by atoms with Crippen molar-refractivity contribution in [3.63, 3.8) is 0 Å². The van der Waals surface area contributed by atoms with E-state index in [-0.39, 0.29) is 11.8 Å². The van der Waals surface area contributed by atoms with Gasteiger partial charge in [0.25, 0.3) is 11.8 Å². The first-order chi connectivity index (χ1) is 12.1. The second kappa shape index (κ2) is 5.99. The number of ether oxygens (including phenoxy) is 1. The quantitative estimate of drug-likeness (QED) is 0.737. The van der Waals surface area contributed by atoms with Crippen LogP contribution in [-0.2, 0) is 0 Å². The molecule has 1 aromatic heterocycles. The number of rotatable bonds is 2. The van der Waals surface area contributed by atoms with Crippen LogP contribution in [0.4, 0.5) is 11.4 Å². The predicted octanol–water partition coefficient (Wildman–Crippen LogP) is 3.46. The lowest BCUT2D eigenvalue weighted by atomic mass is 10.1. The van der Waals surface area contributed by atoms with E-state index in [9.17, 15) is 9.59 Å². The van der Waals surface area contributed by atoms with Gasteiger partial charge >= 0.3 is 0 Å². The minimum absolute atomic E-state index is 0.299. The Hall–Kier alpha value is -3.26. The summed E-state index contributed by atoms with van der Waals surface area (Å²) >= 11 is 1.02. The highest BCUT2D eigenvalue weighted by Crippen LogP contribution is 2.36. The second-order valence-electron chi connectivity index (χ2n) is 5.40. The summed E-state index contributed by atoms with van der Waals surface area (Å²) in [4.78, 5) is 25.2. The van der Waals surface area contributed by atoms with Crippen molar-refractivity contribution < 1.29 is 14.3 Å². The Morgan fingerprint density at radius 3 is 2.84 bits per heavy atom. The van der Waals surface area contributed by atoms with Crippen LogP contribution in [0.3, 0.4) is 0 Å². The van der Waals surface area contributed by atoms with Crippen LogP contribution in [0.25, 0.3) is 0 Å². The van der Waals surface area contributed by atoms with Crippen molar-refractivity contribution in [2.75, 3.05) is 10.6 Å². The fraction of sp³-hybridized carbons (Fsp3) is 0.0588. The highest BCUT2D eigenvalue weighted by Gasteiger charge is 2.22. The molecule has 0 saturated heterocycles. The summed E-state index contributed by atoms with van der Waals surface area (Å²) in [6.45, 7) is 1.72. The van der Waals surface area contributed by atoms with Gasteiger partial charge in [-0.25, -0.2) is 0 Å². The SMILES string of the molecule is Cc1nnsc1C(=O)Nc1ccc2c(c1)C(=O)Nc1ccccc1O2. The van der Waals surface area contributed by atoms with Crippen LogP contribution in [-0.4, -0.2) is 21.4 Å². The number of carbonyl (C=O) groups is 2. The summed E-state index contributed by atoms with van der Waals surface area (Å²) in [6.07, 6.45) is 0. The molecule has 25 heavy (non-hydrogen) atoms. The molecule has 1 aliphatic heterocycles. The number of benzene rings is 2. The van der Waals surface area contributed by atoms with Gasteiger partial charge < -0.3 is 15.4 Å². The number of nitrogens with zero attached hydrogens (tertiary/aromatic N) is 2. The number of hydrogen-bond acceptors (Lipinski definition) is 6. The van der Waals surface area contributed by atoms with Crippen molar-refractivity contribution in [2.24, 2.45) is 0 Å². The number of aromatic nitrogens is 2. The third-order valence-corrected chi connectivity index (χ3v) is 4.52. The summed E-state index contributed by atoms with van der Waals surface area (Å²) in [5.41, 5.74) is 1.99. The topological polar surface area (TPSA) is 93.2 Å². The molecule has 4 rings (SSSR count). The van der Waals surface area contributed by atoms with E-state index in [0.29, 0.717) is 39.0 Å². The summed E-state index contributed by atoms with van der Waals surface area (Å²) in [5.74, 6) is 0.381. The smallest absolute Gasteiger partial charge is 0.269 e. The molecule has 0 bridgehead atoms. The van der Waals surface area contributed by atoms with E-state index < -0.39 is 0 Å². The van der Waals surface area contributed by atoms with Gasteiger partial charge in [-0.05, 0) is 48.8 Å². The molecule has 0 fully saturated rings. The molecule has 2 aromatic carbocycles. The van der Waals surface area contributed by atoms with E-state index in [1.165, 1.54) is 0 Å². The Morgan fingerprint density at radius 1 is 1.20 bits per heavy atom. The number of fused-ring (bicyclic) bond motifs is 2. The van der Waals surface area contributed by atoms with Crippen molar-refractivity contribution in [2.45, 2.75) is 6.92 Å². The van der Waals surface area contributed by atoms with Gasteiger partial charge in [0.15, 0.2) is 5.75 Å². The molecule has 0 aliphatic carbocycles. The Kier molecular flexibility index (Phi) is 3.66. The van der Waals surface area contributed by atoms with Crippen LogP contribution >= 0.6 is 11.5 Å². The zero-order chi connectivity index (χ0) is 17.4. The standard InChI is InChI=1S/C17H12N4O3S/c1-9-15(25-21-20-9)17(23)18-10-6-7-13-11(8-10)16(22)19-12-4-2-3-5-14(12)24-13/h2-8H,1H3,(H,18,23)(H,19,22). The molecule has 0 radical (unpaired) electrons. The van der Waals surface area contributed by atoms with E-state index in [0.717, 1.165) is 11.5 Å². The van der Waals surface area contributed by atoms with Gasteiger partial charge in [0.1, 0.15) is 10.6 Å². The largest absolute Gasteiger partial charge is 0.454 e. The number of aryl methyl sites for hydroxylation is 1. The monoisotopic (exact) mass is 352 g/mol. The van der Waals surface area contributed by atoms with Crippen LogP contribution < -0.4 is 15.4 Å². The molecule has 2 amide bonds. The molecule has 124 valence electrons. The van der Waals surface area contributed by atoms with Crippen molar-refractivity contribution >= 4 is 34.7 Å². The third kappa shape index (κ3) is 2.83. The maximum atomic E-state index is 12.5. The minimum atomic E-state index is -0.314. The summed E-state index contributed by atoms with van der Waals surface area (Å²) < 4.78 is 9.56. The van der Waals surface area contributed by atoms with Gasteiger partial charge in [-0.15, -0.1) is 5.10 Å². The Morgan fingerprint density at radius 2 is 2.04 bits per heavy atom. The summed E-state index contributed by atoms with van der Waals surface area (Å²) in [5, 5.41) is 9.38. The molecule has 0 spiro atoms. The second-order valence-corrected chi connectivity index (χ2v) is 6.16. The number of para-hydroxylation sites is 2. The lowest BCUT2D eigenvalue weighted by Gasteiger charge is -2.09. The van der Waals surface area contributed by atoms with Crippen molar-refractivity contribution in [1.29, 1.82) is 0 Å². The fourth-order valence-corrected chi connectivity index (χ4v) is 3.02. The average molecular weight is 352 g/mol. The molecule has 7 nitrogen and oxygen atoms in total. The van der Waals surface area contributed by atoms with Gasteiger partial charge in [0.05, 0.1) is 16.9 Å². The van der Waals surface area contributed by atoms with Crippen LogP contribution in [0, 0.1) is 6.92 Å². The van der Waals surface area contributed by atoms with Gasteiger partial charge in [-0.3, -0.25) is 9.59 Å². The first-order valence-electron chi connectivity index (χ1n) is 7.44. The van der Waals surface area contributed by atoms with Crippen LogP contribution in [0.15, 0.2) is 42.5 Å². The zero-order valence-electron chi connectivity index (χ0n) is 13.1. The fourth-order valence-electron chi connectivity index (χ4n) is 2.47. The number of anilines is 2. The van der Waals surface area contributed by atoms with E-state index in [4.69, 9.17) is 4.74 Å². The zero-order valence-corrected chi connectivity index (χ0v) is 13.9. The average Bonchev–Trinajstić information content (AvgIpc) is 2.97. The number of carbonyl (C=O) groups excluding carboxylic acids is 2. The van der Waals surface area contributed by atoms with Gasteiger partial charge in [-0.1, -0.05) is 16.6 Å². The molecule has 3 aromatic rings. The maximum Gasteiger partial charge on any atom is 0.269 e. The van der Waals surface area contributed by atoms with Gasteiger partial charge in [0.2, 0.25) is 0 Å². The first-order valence-corrected chi connectivity index (χ1v) is 8.22. The predicted molar refractivity (Wildman–Crippen MR) is 93.5 cm³/mol. The molecule has 8 heteroatoms. The number of nitrogens with one attached hydrogen (secondary N) is 2. The molecular formula is C17H12N4O3S. The highest BCUT2D eigenvalue weighted by molar-refractivity contribution is 7.08. The molecule has 2 heterocycles. The van der Waals surface area contributed by atoms with E-state index in [1.54, 1.807) is 37.3 Å². The molecule has 2 N–H and O–H groups in total. The van der Waals surface area contributed by atoms with E-state index in [1.807, 2.05) is 12.1 Å². The lowest BCUT2D eigenvalue weighted by Crippen LogP contribution is -2.14. The summed E-state index contributed by atoms with van der Waals surface area (Å²) in [7, 11) is 0. The van der Waals surface area contributed by atoms with Crippen LogP contribution in [0.2, 0.25) is 0 Å². The van der Waals surface area contributed by atoms with Crippen LogP contribution in [0.1, 0.15) is 25.7 Å². The summed E-state index contributed by atoms with van der Waals surface area (Å²) in [6, 6.07) is 12.1. The Balaban J connectivity index is 1.64. The van der Waals surface area contributed by atoms with E-state index >= 15 is 0 Å². The van der Waals surface area contributed by atoms with Crippen LogP contribution in [0.5, 0.6) is 11.5 Å². The molecule has 1 aliphatic rings. The number of amides is 2. The molecule has 0 atom stereocenters. The third-order valence-electron chi connectivity index (χ3n) is 3.70. The molecule has 0 unspecified atom stereocenters. The van der Waals surface area contributed by atoms with Crippen molar-refractivity contribution in [3.8, 4) is 11.5 Å². The van der Waals surface area contributed by atoms with E-state index in [2.05, 4.69) is 20.2 Å². The number of hydrogen-bond donors (Lipinski definition) is 2. The Bertz CT molecular complexity index is 999. The van der Waals surface area contributed by atoms with Gasteiger partial charge in [0, 0.05) is 5.69 Å². The first kappa shape index (κ1) is 15.3. The van der Waals surface area contributed by atoms with Gasteiger partial charge in [-0.2, -0.15) is 0 Å². The maximum absolute atomic E-state index is 12.5. The molecular weight excluding hydrogens is 340 g/mol. The van der Waals surface area contributed by atoms with Crippen molar-refractivity contribution in [1.82, 2.24) is 9.59 Å². The lowest BCUT2D eigenvalue weighted by molar-refractivity contribution is 0.101. The molecule has 0 saturated carbocycles.